The van der Waals surface area contributed by atoms with E-state index in [1.165, 1.54) is 41.2 Å². The molecule has 0 spiro atoms. The molecule has 6 nitrogen and oxygen atoms in total. The molecule has 1 aromatic heterocycles. The number of benzene rings is 2. The maximum atomic E-state index is 12.6. The third-order valence-corrected chi connectivity index (χ3v) is 6.05. The number of aliphatic imine (C=N–C) groups is 1. The molecule has 1 aliphatic heterocycles. The van der Waals surface area contributed by atoms with E-state index in [-0.39, 0.29) is 11.7 Å². The van der Waals surface area contributed by atoms with Crippen LogP contribution in [0.1, 0.15) is 5.56 Å². The highest BCUT2D eigenvalue weighted by Gasteiger charge is 2.30. The molecule has 0 aliphatic carbocycles. The predicted octanol–water partition coefficient (Wildman–Crippen LogP) is 4.76. The molecule has 4 rings (SSSR count). The topological polar surface area (TPSA) is 75.0 Å². The lowest BCUT2D eigenvalue weighted by atomic mass is 10.2. The van der Waals surface area contributed by atoms with Crippen LogP contribution in [0, 0.1) is 0 Å². The lowest BCUT2D eigenvalue weighted by Crippen LogP contribution is -2.23. The highest BCUT2D eigenvalue weighted by atomic mass is 32.2. The minimum Gasteiger partial charge on any atom is -0.504 e. The minimum absolute atomic E-state index is 0.0532. The lowest BCUT2D eigenvalue weighted by molar-refractivity contribution is -0.121. The van der Waals surface area contributed by atoms with Crippen LogP contribution in [0.4, 0.5) is 5.13 Å². The van der Waals surface area contributed by atoms with Gasteiger partial charge in [-0.1, -0.05) is 36.4 Å². The van der Waals surface area contributed by atoms with Gasteiger partial charge >= 0.3 is 0 Å². The van der Waals surface area contributed by atoms with Crippen LogP contribution in [0.15, 0.2) is 63.8 Å². The Bertz CT molecular complexity index is 1120. The summed E-state index contributed by atoms with van der Waals surface area (Å²) < 4.78 is 5.12. The summed E-state index contributed by atoms with van der Waals surface area (Å²) in [6.07, 6.45) is 1.76. The smallest absolute Gasteiger partial charge is 0.266 e. The van der Waals surface area contributed by atoms with E-state index in [0.29, 0.717) is 21.0 Å². The molecule has 2 aromatic carbocycles. The number of ether oxygens (including phenoxy) is 1. The summed E-state index contributed by atoms with van der Waals surface area (Å²) in [6, 6.07) is 14.8. The van der Waals surface area contributed by atoms with E-state index in [1.54, 1.807) is 25.3 Å². The first-order chi connectivity index (χ1) is 14.0. The van der Waals surface area contributed by atoms with E-state index in [2.05, 4.69) is 9.98 Å². The second-order valence-electron chi connectivity index (χ2n) is 6.18. The van der Waals surface area contributed by atoms with Gasteiger partial charge in [0, 0.05) is 18.0 Å². The van der Waals surface area contributed by atoms with Crippen LogP contribution in [0.25, 0.3) is 17.3 Å². The molecule has 0 unspecified atom stereocenters. The van der Waals surface area contributed by atoms with E-state index >= 15 is 0 Å². The number of phenols is 1. The molecule has 0 radical (unpaired) electrons. The summed E-state index contributed by atoms with van der Waals surface area (Å²) in [6.45, 7) is 0. The first-order valence-electron chi connectivity index (χ1n) is 8.69. The van der Waals surface area contributed by atoms with E-state index in [1.807, 2.05) is 35.7 Å². The SMILES string of the molecule is COc1cc(/C=C2\S/C(=N/c3nc(-c4ccccc4)cs3)N(C)C2=O)ccc1O. The number of nitrogens with zero attached hydrogens (tertiary/aromatic N) is 3. The Balaban J connectivity index is 1.59. The average Bonchev–Trinajstić information content (AvgIpc) is 3.31. The van der Waals surface area contributed by atoms with Crippen LogP contribution in [0.2, 0.25) is 0 Å². The molecule has 0 atom stereocenters. The molecule has 29 heavy (non-hydrogen) atoms. The molecular weight excluding hydrogens is 406 g/mol. The van der Waals surface area contributed by atoms with Gasteiger partial charge in [0.2, 0.25) is 5.13 Å². The number of thiazole rings is 1. The number of likely N-dealkylation sites (N-methyl/N-ethyl adjacent to an activating group) is 1. The second kappa shape index (κ2) is 8.10. The molecule has 2 heterocycles. The Hall–Kier alpha value is -3.10. The molecule has 0 bridgehead atoms. The number of phenolic OH excluding ortho intramolecular Hbond substituents is 1. The van der Waals surface area contributed by atoms with Crippen LogP contribution >= 0.6 is 23.1 Å². The monoisotopic (exact) mass is 423 g/mol. The van der Waals surface area contributed by atoms with E-state index < -0.39 is 0 Å². The van der Waals surface area contributed by atoms with Crippen molar-refractivity contribution in [1.29, 1.82) is 0 Å². The standard InChI is InChI=1S/C21H17N3O3S2/c1-24-19(26)18(11-13-8-9-16(25)17(10-13)27-2)29-21(24)23-20-22-15(12-28-20)14-6-4-3-5-7-14/h3-12,25H,1-2H3/b18-11-,23-21+. The molecule has 3 aromatic rings. The van der Waals surface area contributed by atoms with E-state index in [0.717, 1.165) is 16.8 Å². The normalized spacial score (nSPS) is 16.8. The van der Waals surface area contributed by atoms with Gasteiger partial charge in [-0.15, -0.1) is 11.3 Å². The fraction of sp³-hybridized carbons (Fsp3) is 0.0952. The van der Waals surface area contributed by atoms with E-state index in [9.17, 15) is 9.90 Å². The lowest BCUT2D eigenvalue weighted by Gasteiger charge is -2.06. The zero-order valence-electron chi connectivity index (χ0n) is 15.7. The Morgan fingerprint density at radius 2 is 2.00 bits per heavy atom. The van der Waals surface area contributed by atoms with Crippen LogP contribution in [-0.4, -0.2) is 40.2 Å². The molecule has 1 N–H and O–H groups in total. The molecular formula is C21H17N3O3S2. The van der Waals surface area contributed by atoms with Gasteiger partial charge in [0.25, 0.3) is 5.91 Å². The average molecular weight is 424 g/mol. The fourth-order valence-electron chi connectivity index (χ4n) is 2.73. The molecule has 0 saturated carbocycles. The van der Waals surface area contributed by atoms with Crippen molar-refractivity contribution in [2.45, 2.75) is 0 Å². The van der Waals surface area contributed by atoms with Gasteiger partial charge in [0.15, 0.2) is 16.7 Å². The van der Waals surface area contributed by atoms with Crippen molar-refractivity contribution in [1.82, 2.24) is 9.88 Å². The summed E-state index contributed by atoms with van der Waals surface area (Å²) in [5.74, 6) is 0.270. The maximum Gasteiger partial charge on any atom is 0.266 e. The number of thioether (sulfide) groups is 1. The van der Waals surface area contributed by atoms with Gasteiger partial charge in [0.05, 0.1) is 17.7 Å². The number of amides is 1. The first kappa shape index (κ1) is 19.2. The maximum absolute atomic E-state index is 12.6. The fourth-order valence-corrected chi connectivity index (χ4v) is 4.45. The molecule has 1 amide bonds. The summed E-state index contributed by atoms with van der Waals surface area (Å²) in [5.41, 5.74) is 2.64. The molecule has 1 aliphatic rings. The zero-order valence-corrected chi connectivity index (χ0v) is 17.3. The number of aromatic hydroxyl groups is 1. The van der Waals surface area contributed by atoms with Gasteiger partial charge < -0.3 is 9.84 Å². The van der Waals surface area contributed by atoms with Gasteiger partial charge in [-0.25, -0.2) is 4.98 Å². The molecule has 1 saturated heterocycles. The number of hydrogen-bond acceptors (Lipinski definition) is 7. The predicted molar refractivity (Wildman–Crippen MR) is 118 cm³/mol. The molecule has 8 heteroatoms. The Morgan fingerprint density at radius 1 is 1.21 bits per heavy atom. The van der Waals surface area contributed by atoms with Crippen LogP contribution in [-0.2, 0) is 4.79 Å². The first-order valence-corrected chi connectivity index (χ1v) is 10.4. The van der Waals surface area contributed by atoms with Crippen LogP contribution in [0.3, 0.4) is 0 Å². The van der Waals surface area contributed by atoms with Crippen LogP contribution < -0.4 is 4.74 Å². The van der Waals surface area contributed by atoms with E-state index in [4.69, 9.17) is 4.74 Å². The van der Waals surface area contributed by atoms with Gasteiger partial charge in [-0.05, 0) is 35.5 Å². The zero-order chi connectivity index (χ0) is 20.4. The van der Waals surface area contributed by atoms with Crippen LogP contribution in [0.5, 0.6) is 11.5 Å². The molecule has 1 fully saturated rings. The highest BCUT2D eigenvalue weighted by Crippen LogP contribution is 2.36. The number of carbonyl (C=O) groups excluding carboxylic acids is 1. The summed E-state index contributed by atoms with van der Waals surface area (Å²) >= 11 is 2.72. The Labute approximate surface area is 176 Å². The molecule has 146 valence electrons. The number of amidine groups is 1. The number of carbonyl (C=O) groups is 1. The second-order valence-corrected chi connectivity index (χ2v) is 8.03. The summed E-state index contributed by atoms with van der Waals surface area (Å²) in [4.78, 5) is 23.8. The third kappa shape index (κ3) is 4.03. The van der Waals surface area contributed by atoms with Crippen molar-refractivity contribution in [2.75, 3.05) is 14.2 Å². The third-order valence-electron chi connectivity index (χ3n) is 4.26. The number of rotatable bonds is 4. The summed E-state index contributed by atoms with van der Waals surface area (Å²) in [5, 5.41) is 12.8. The highest BCUT2D eigenvalue weighted by molar-refractivity contribution is 8.18. The number of methoxy groups -OCH3 is 1. The van der Waals surface area contributed by atoms with Gasteiger partial charge in [-0.2, -0.15) is 4.99 Å². The van der Waals surface area contributed by atoms with Crippen molar-refractivity contribution >= 4 is 45.4 Å². The van der Waals surface area contributed by atoms with Crippen molar-refractivity contribution in [2.24, 2.45) is 4.99 Å². The van der Waals surface area contributed by atoms with Crippen molar-refractivity contribution < 1.29 is 14.6 Å². The van der Waals surface area contributed by atoms with Crippen molar-refractivity contribution in [3.63, 3.8) is 0 Å². The minimum atomic E-state index is -0.138. The van der Waals surface area contributed by atoms with Crippen molar-refractivity contribution in [3.8, 4) is 22.8 Å². The largest absolute Gasteiger partial charge is 0.504 e. The van der Waals surface area contributed by atoms with Gasteiger partial charge in [0.1, 0.15) is 0 Å². The number of aromatic nitrogens is 1. The summed E-state index contributed by atoms with van der Waals surface area (Å²) in [7, 11) is 3.18. The van der Waals surface area contributed by atoms with Crippen molar-refractivity contribution in [3.05, 3.63) is 64.4 Å². The quantitative estimate of drug-likeness (QED) is 0.613. The van der Waals surface area contributed by atoms with Gasteiger partial charge in [-0.3, -0.25) is 9.69 Å². The number of hydrogen-bond donors (Lipinski definition) is 1. The Kier molecular flexibility index (Phi) is 5.37. The Morgan fingerprint density at radius 3 is 2.76 bits per heavy atom.